The molecule has 2 aromatic heterocycles. The third-order valence-corrected chi connectivity index (χ3v) is 5.11. The van der Waals surface area contributed by atoms with Gasteiger partial charge in [-0.1, -0.05) is 12.1 Å². The van der Waals surface area contributed by atoms with Crippen LogP contribution in [0.1, 0.15) is 34.0 Å². The van der Waals surface area contributed by atoms with Crippen molar-refractivity contribution >= 4 is 17.1 Å². The fourth-order valence-electron chi connectivity index (χ4n) is 3.72. The molecule has 1 atom stereocenters. The first-order valence-corrected chi connectivity index (χ1v) is 9.49. The summed E-state index contributed by atoms with van der Waals surface area (Å²) in [4.78, 5) is 21.5. The number of para-hydroxylation sites is 1. The third-order valence-electron chi connectivity index (χ3n) is 5.11. The number of nitrogens with zero attached hydrogens (tertiary/aromatic N) is 4. The van der Waals surface area contributed by atoms with Crippen molar-refractivity contribution in [2.24, 2.45) is 0 Å². The zero-order valence-corrected chi connectivity index (χ0v) is 16.1. The largest absolute Gasteiger partial charge is 0.496 e. The van der Waals surface area contributed by atoms with Crippen LogP contribution in [0.3, 0.4) is 0 Å². The Balaban J connectivity index is 1.49. The highest BCUT2D eigenvalue weighted by Crippen LogP contribution is 2.26. The number of hydrogen-bond donors (Lipinski definition) is 2. The lowest BCUT2D eigenvalue weighted by molar-refractivity contribution is 0.0949. The molecule has 3 aromatic rings. The van der Waals surface area contributed by atoms with Gasteiger partial charge in [-0.25, -0.2) is 14.6 Å². The van der Waals surface area contributed by atoms with Gasteiger partial charge >= 0.3 is 0 Å². The smallest absolute Gasteiger partial charge is 0.255 e. The molecule has 8 nitrogen and oxygen atoms in total. The predicted molar refractivity (Wildman–Crippen MR) is 106 cm³/mol. The topological polar surface area (TPSA) is 94.0 Å². The van der Waals surface area contributed by atoms with Gasteiger partial charge in [0.05, 0.1) is 24.9 Å². The molecule has 0 unspecified atom stereocenters. The molecular weight excluding hydrogens is 356 g/mol. The third kappa shape index (κ3) is 3.43. The Morgan fingerprint density at radius 2 is 2.21 bits per heavy atom. The van der Waals surface area contributed by atoms with Crippen molar-refractivity contribution < 1.29 is 9.53 Å². The number of aromatic nitrogens is 4. The second-order valence-electron chi connectivity index (χ2n) is 6.94. The molecule has 146 valence electrons. The van der Waals surface area contributed by atoms with E-state index in [1.807, 2.05) is 23.7 Å². The average Bonchev–Trinajstić information content (AvgIpc) is 3.36. The van der Waals surface area contributed by atoms with Gasteiger partial charge in [-0.3, -0.25) is 4.79 Å². The number of rotatable bonds is 6. The minimum Gasteiger partial charge on any atom is -0.496 e. The number of carbonyl (C=O) groups excluding carboxylic acids is 1. The second-order valence-corrected chi connectivity index (χ2v) is 6.94. The van der Waals surface area contributed by atoms with Crippen LogP contribution in [0.15, 0.2) is 30.6 Å². The summed E-state index contributed by atoms with van der Waals surface area (Å²) in [6.07, 6.45) is 4.42. The van der Waals surface area contributed by atoms with Crippen LogP contribution in [0.5, 0.6) is 5.75 Å². The summed E-state index contributed by atoms with van der Waals surface area (Å²) >= 11 is 0. The van der Waals surface area contributed by atoms with Crippen LogP contribution >= 0.6 is 0 Å². The highest BCUT2D eigenvalue weighted by molar-refractivity contribution is 5.97. The number of ether oxygens (including phenoxy) is 1. The van der Waals surface area contributed by atoms with E-state index < -0.39 is 0 Å². The summed E-state index contributed by atoms with van der Waals surface area (Å²) in [6, 6.07) is 5.54. The Kier molecular flexibility index (Phi) is 5.21. The van der Waals surface area contributed by atoms with Crippen molar-refractivity contribution in [1.29, 1.82) is 0 Å². The van der Waals surface area contributed by atoms with Crippen LogP contribution < -0.4 is 15.4 Å². The molecule has 3 heterocycles. The van der Waals surface area contributed by atoms with Gasteiger partial charge in [-0.15, -0.1) is 0 Å². The van der Waals surface area contributed by atoms with Gasteiger partial charge < -0.3 is 15.4 Å². The van der Waals surface area contributed by atoms with Gasteiger partial charge in [0.1, 0.15) is 11.3 Å². The van der Waals surface area contributed by atoms with Gasteiger partial charge in [0.25, 0.3) is 5.91 Å². The molecule has 1 aromatic carbocycles. The lowest BCUT2D eigenvalue weighted by Gasteiger charge is -2.11. The molecular formula is C20H24N6O2. The SMILES string of the molecule is COc1c(C)cccc1C(=O)NCCn1nc([C@H]2CCNC2)c2nccnc21. The zero-order valence-electron chi connectivity index (χ0n) is 16.1. The molecule has 0 spiro atoms. The molecule has 1 aliphatic rings. The van der Waals surface area contributed by atoms with Crippen molar-refractivity contribution in [1.82, 2.24) is 30.4 Å². The Morgan fingerprint density at radius 1 is 1.36 bits per heavy atom. The molecule has 1 saturated heterocycles. The fourth-order valence-corrected chi connectivity index (χ4v) is 3.72. The number of hydrogen-bond acceptors (Lipinski definition) is 6. The summed E-state index contributed by atoms with van der Waals surface area (Å²) in [5, 5.41) is 11.1. The quantitative estimate of drug-likeness (QED) is 0.675. The van der Waals surface area contributed by atoms with Crippen LogP contribution in [-0.2, 0) is 6.54 Å². The van der Waals surface area contributed by atoms with E-state index >= 15 is 0 Å². The normalized spacial score (nSPS) is 16.4. The van der Waals surface area contributed by atoms with Crippen molar-refractivity contribution in [3.05, 3.63) is 47.4 Å². The standard InChI is InChI=1S/C20H24N6O2/c1-13-4-3-5-15(18(13)28-2)20(27)24-10-11-26-19-17(22-8-9-23-19)16(25-26)14-6-7-21-12-14/h3-5,8-9,14,21H,6-7,10-12H2,1-2H3,(H,24,27)/t14-/m0/s1. The second kappa shape index (κ2) is 7.93. The lowest BCUT2D eigenvalue weighted by atomic mass is 10.0. The molecule has 1 amide bonds. The molecule has 1 fully saturated rings. The van der Waals surface area contributed by atoms with Crippen molar-refractivity contribution in [2.75, 3.05) is 26.7 Å². The summed E-state index contributed by atoms with van der Waals surface area (Å²) in [7, 11) is 1.58. The van der Waals surface area contributed by atoms with Crippen LogP contribution in [-0.4, -0.2) is 52.4 Å². The number of carbonyl (C=O) groups is 1. The first-order valence-electron chi connectivity index (χ1n) is 9.49. The van der Waals surface area contributed by atoms with Crippen LogP contribution in [0, 0.1) is 6.92 Å². The molecule has 28 heavy (non-hydrogen) atoms. The van der Waals surface area contributed by atoms with E-state index in [4.69, 9.17) is 9.84 Å². The van der Waals surface area contributed by atoms with E-state index in [0.29, 0.717) is 30.3 Å². The number of nitrogens with one attached hydrogen (secondary N) is 2. The summed E-state index contributed by atoms with van der Waals surface area (Å²) in [5.41, 5.74) is 4.05. The van der Waals surface area contributed by atoms with Crippen molar-refractivity contribution in [2.45, 2.75) is 25.8 Å². The van der Waals surface area contributed by atoms with E-state index in [1.54, 1.807) is 25.6 Å². The summed E-state index contributed by atoms with van der Waals surface area (Å²) < 4.78 is 7.21. The molecule has 4 rings (SSSR count). The van der Waals surface area contributed by atoms with Gasteiger partial charge in [0.2, 0.25) is 0 Å². The maximum absolute atomic E-state index is 12.6. The number of benzene rings is 1. The monoisotopic (exact) mass is 380 g/mol. The number of amides is 1. The zero-order chi connectivity index (χ0) is 19.5. The predicted octanol–water partition coefficient (Wildman–Crippen LogP) is 1.65. The number of methoxy groups -OCH3 is 1. The highest BCUT2D eigenvalue weighted by Gasteiger charge is 2.24. The van der Waals surface area contributed by atoms with Crippen LogP contribution in [0.2, 0.25) is 0 Å². The summed E-state index contributed by atoms with van der Waals surface area (Å²) in [6.45, 7) is 4.78. The number of aryl methyl sites for hydroxylation is 1. The molecule has 0 saturated carbocycles. The Labute approximate surface area is 163 Å². The van der Waals surface area contributed by atoms with Crippen molar-refractivity contribution in [3.63, 3.8) is 0 Å². The Hall–Kier alpha value is -3.00. The minimum absolute atomic E-state index is 0.164. The maximum Gasteiger partial charge on any atom is 0.255 e. The highest BCUT2D eigenvalue weighted by atomic mass is 16.5. The molecule has 0 bridgehead atoms. The molecule has 0 radical (unpaired) electrons. The molecule has 0 aliphatic carbocycles. The van der Waals surface area contributed by atoms with Crippen molar-refractivity contribution in [3.8, 4) is 5.75 Å². The van der Waals surface area contributed by atoms with E-state index in [-0.39, 0.29) is 5.91 Å². The van der Waals surface area contributed by atoms with E-state index in [9.17, 15) is 4.79 Å². The van der Waals surface area contributed by atoms with Gasteiger partial charge in [0, 0.05) is 31.4 Å². The first-order chi connectivity index (χ1) is 13.7. The van der Waals surface area contributed by atoms with Gasteiger partial charge in [-0.2, -0.15) is 5.10 Å². The van der Waals surface area contributed by atoms with E-state index in [1.165, 1.54) is 0 Å². The van der Waals surface area contributed by atoms with E-state index in [0.717, 1.165) is 41.9 Å². The minimum atomic E-state index is -0.164. The maximum atomic E-state index is 12.6. The van der Waals surface area contributed by atoms with Crippen LogP contribution in [0.4, 0.5) is 0 Å². The fraction of sp³-hybridized carbons (Fsp3) is 0.400. The molecule has 1 aliphatic heterocycles. The van der Waals surface area contributed by atoms with Gasteiger partial charge in [0.15, 0.2) is 5.65 Å². The summed E-state index contributed by atoms with van der Waals surface area (Å²) in [5.74, 6) is 0.793. The average molecular weight is 380 g/mol. The Bertz CT molecular complexity index is 994. The van der Waals surface area contributed by atoms with Gasteiger partial charge in [-0.05, 0) is 31.5 Å². The molecule has 8 heteroatoms. The lowest BCUT2D eigenvalue weighted by Crippen LogP contribution is -2.28. The molecule has 2 N–H and O–H groups in total. The number of fused-ring (bicyclic) bond motifs is 1. The first kappa shape index (κ1) is 18.4. The Morgan fingerprint density at radius 3 is 3.00 bits per heavy atom. The van der Waals surface area contributed by atoms with Crippen LogP contribution in [0.25, 0.3) is 11.2 Å². The van der Waals surface area contributed by atoms with E-state index in [2.05, 4.69) is 20.6 Å².